The molecule has 4 nitrogen and oxygen atoms in total. The molecular weight excluding hydrogens is 172 g/mol. The lowest BCUT2D eigenvalue weighted by Crippen LogP contribution is -2.35. The normalized spacial score (nSPS) is 10.8. The average molecular weight is 186 g/mol. The van der Waals surface area contributed by atoms with Gasteiger partial charge in [0.15, 0.2) is 5.78 Å². The van der Waals surface area contributed by atoms with Crippen molar-refractivity contribution in [1.29, 1.82) is 0 Å². The molecule has 0 aliphatic rings. The lowest BCUT2D eigenvalue weighted by molar-refractivity contribution is -0.155. The molecule has 0 fully saturated rings. The minimum absolute atomic E-state index is 0.220. The van der Waals surface area contributed by atoms with Crippen molar-refractivity contribution in [3.8, 4) is 0 Å². The van der Waals surface area contributed by atoms with Crippen LogP contribution >= 0.6 is 0 Å². The molecule has 0 rings (SSSR count). The zero-order chi connectivity index (χ0) is 10.6. The van der Waals surface area contributed by atoms with Gasteiger partial charge in [-0.15, -0.1) is 0 Å². The molecule has 0 radical (unpaired) electrons. The van der Waals surface area contributed by atoms with Gasteiger partial charge in [-0.2, -0.15) is 0 Å². The van der Waals surface area contributed by atoms with Gasteiger partial charge in [-0.3, -0.25) is 14.4 Å². The van der Waals surface area contributed by atoms with Gasteiger partial charge in [-0.25, -0.2) is 0 Å². The van der Waals surface area contributed by atoms with E-state index in [1.54, 1.807) is 0 Å². The van der Waals surface area contributed by atoms with Crippen LogP contribution in [0, 0.1) is 5.41 Å². The van der Waals surface area contributed by atoms with Crippen molar-refractivity contribution in [3.63, 3.8) is 0 Å². The van der Waals surface area contributed by atoms with Gasteiger partial charge in [0.2, 0.25) is 0 Å². The van der Waals surface area contributed by atoms with Crippen LogP contribution in [0.2, 0.25) is 0 Å². The van der Waals surface area contributed by atoms with E-state index in [4.69, 9.17) is 0 Å². The Morgan fingerprint density at radius 2 is 1.69 bits per heavy atom. The third kappa shape index (κ3) is 2.97. The van der Waals surface area contributed by atoms with Crippen LogP contribution in [0.4, 0.5) is 0 Å². The minimum Gasteiger partial charge on any atom is -0.468 e. The Kier molecular flexibility index (Phi) is 3.78. The highest BCUT2D eigenvalue weighted by Gasteiger charge is 2.36. The predicted octanol–water partition coefficient (Wildman–Crippen LogP) is 0.734. The first kappa shape index (κ1) is 11.8. The summed E-state index contributed by atoms with van der Waals surface area (Å²) in [6.45, 7) is 4.21. The maximum Gasteiger partial charge on any atom is 0.318 e. The van der Waals surface area contributed by atoms with Crippen LogP contribution in [-0.4, -0.2) is 24.6 Å². The molecule has 0 aromatic heterocycles. The van der Waals surface area contributed by atoms with E-state index in [9.17, 15) is 14.4 Å². The number of hydrogen-bond acceptors (Lipinski definition) is 4. The van der Waals surface area contributed by atoms with Crippen molar-refractivity contribution in [2.45, 2.75) is 27.2 Å². The summed E-state index contributed by atoms with van der Waals surface area (Å²) in [6.07, 6.45) is -0.220. The molecule has 0 aliphatic carbocycles. The van der Waals surface area contributed by atoms with Crippen molar-refractivity contribution in [2.24, 2.45) is 5.41 Å². The van der Waals surface area contributed by atoms with E-state index in [2.05, 4.69) is 4.74 Å². The number of carbonyl (C=O) groups is 3. The second-order valence-electron chi connectivity index (χ2n) is 3.42. The Morgan fingerprint density at radius 3 is 2.00 bits per heavy atom. The topological polar surface area (TPSA) is 60.4 Å². The first-order valence-electron chi connectivity index (χ1n) is 3.93. The summed E-state index contributed by atoms with van der Waals surface area (Å²) >= 11 is 0. The fraction of sp³-hybridized carbons (Fsp3) is 0.667. The molecule has 0 amide bonds. The molecule has 0 aromatic carbocycles. The molecule has 0 saturated carbocycles. The fourth-order valence-electron chi connectivity index (χ4n) is 0.816. The van der Waals surface area contributed by atoms with Crippen molar-refractivity contribution in [1.82, 2.24) is 0 Å². The smallest absolute Gasteiger partial charge is 0.318 e. The lowest BCUT2D eigenvalue weighted by Gasteiger charge is -2.18. The largest absolute Gasteiger partial charge is 0.468 e. The number of esters is 1. The van der Waals surface area contributed by atoms with Crippen molar-refractivity contribution in [2.75, 3.05) is 7.11 Å². The molecule has 13 heavy (non-hydrogen) atoms. The van der Waals surface area contributed by atoms with E-state index in [1.807, 2.05) is 0 Å². The first-order valence-corrected chi connectivity index (χ1v) is 3.93. The maximum atomic E-state index is 11.4. The van der Waals surface area contributed by atoms with Gasteiger partial charge in [0, 0.05) is 0 Å². The second-order valence-corrected chi connectivity index (χ2v) is 3.42. The fourth-order valence-corrected chi connectivity index (χ4v) is 0.816. The number of ketones is 2. The number of hydrogen-bond donors (Lipinski definition) is 0. The van der Waals surface area contributed by atoms with Crippen LogP contribution in [0.1, 0.15) is 27.2 Å². The summed E-state index contributed by atoms with van der Waals surface area (Å²) in [5.41, 5.74) is -1.22. The van der Waals surface area contributed by atoms with Crippen molar-refractivity contribution >= 4 is 17.5 Å². The Bertz CT molecular complexity index is 240. The SMILES string of the molecule is COC(=O)C(C)(C)C(=O)CC(C)=O. The van der Waals surface area contributed by atoms with E-state index in [0.717, 1.165) is 0 Å². The summed E-state index contributed by atoms with van der Waals surface area (Å²) < 4.78 is 4.45. The molecule has 0 saturated heterocycles. The summed E-state index contributed by atoms with van der Waals surface area (Å²) in [5, 5.41) is 0. The van der Waals surface area contributed by atoms with Crippen LogP contribution < -0.4 is 0 Å². The molecule has 0 aromatic rings. The lowest BCUT2D eigenvalue weighted by atomic mass is 9.86. The molecule has 74 valence electrons. The van der Waals surface area contributed by atoms with E-state index in [0.29, 0.717) is 0 Å². The van der Waals surface area contributed by atoms with Crippen LogP contribution in [0.3, 0.4) is 0 Å². The van der Waals surface area contributed by atoms with E-state index in [1.165, 1.54) is 27.9 Å². The van der Waals surface area contributed by atoms with E-state index < -0.39 is 17.2 Å². The molecular formula is C9H14O4. The highest BCUT2D eigenvalue weighted by Crippen LogP contribution is 2.20. The molecule has 0 atom stereocenters. The number of rotatable bonds is 4. The standard InChI is InChI=1S/C9H14O4/c1-6(10)5-7(11)9(2,3)8(12)13-4/h5H2,1-4H3. The number of carbonyl (C=O) groups excluding carboxylic acids is 3. The summed E-state index contributed by atoms with van der Waals surface area (Å²) in [6, 6.07) is 0. The van der Waals surface area contributed by atoms with Crippen LogP contribution in [0.25, 0.3) is 0 Å². The first-order chi connectivity index (χ1) is 5.82. The van der Waals surface area contributed by atoms with Gasteiger partial charge in [0.25, 0.3) is 0 Å². The van der Waals surface area contributed by atoms with Gasteiger partial charge in [0.1, 0.15) is 11.2 Å². The zero-order valence-corrected chi connectivity index (χ0v) is 8.34. The Balaban J connectivity index is 4.54. The summed E-state index contributed by atoms with van der Waals surface area (Å²) in [4.78, 5) is 33.1. The maximum absolute atomic E-state index is 11.4. The molecule has 0 N–H and O–H groups in total. The number of ether oxygens (including phenoxy) is 1. The highest BCUT2D eigenvalue weighted by molar-refractivity contribution is 6.09. The monoisotopic (exact) mass is 186 g/mol. The molecule has 4 heteroatoms. The Labute approximate surface area is 77.3 Å². The van der Waals surface area contributed by atoms with E-state index in [-0.39, 0.29) is 12.2 Å². The van der Waals surface area contributed by atoms with Gasteiger partial charge in [0.05, 0.1) is 13.5 Å². The molecule has 0 bridgehead atoms. The summed E-state index contributed by atoms with van der Waals surface area (Å²) in [7, 11) is 1.21. The van der Waals surface area contributed by atoms with Crippen molar-refractivity contribution in [3.05, 3.63) is 0 Å². The number of methoxy groups -OCH3 is 1. The molecule has 0 unspecified atom stereocenters. The van der Waals surface area contributed by atoms with Gasteiger partial charge in [-0.1, -0.05) is 0 Å². The highest BCUT2D eigenvalue weighted by atomic mass is 16.5. The second kappa shape index (κ2) is 4.16. The zero-order valence-electron chi connectivity index (χ0n) is 8.34. The van der Waals surface area contributed by atoms with E-state index >= 15 is 0 Å². The van der Waals surface area contributed by atoms with Crippen LogP contribution in [0.15, 0.2) is 0 Å². The third-order valence-electron chi connectivity index (χ3n) is 1.80. The Hall–Kier alpha value is -1.19. The van der Waals surface area contributed by atoms with Gasteiger partial charge >= 0.3 is 5.97 Å². The molecule has 0 heterocycles. The minimum atomic E-state index is -1.22. The van der Waals surface area contributed by atoms with Gasteiger partial charge in [-0.05, 0) is 20.8 Å². The van der Waals surface area contributed by atoms with Gasteiger partial charge < -0.3 is 4.74 Å². The predicted molar refractivity (Wildman–Crippen MR) is 46.1 cm³/mol. The Morgan fingerprint density at radius 1 is 1.23 bits per heavy atom. The molecule has 0 aliphatic heterocycles. The molecule has 0 spiro atoms. The van der Waals surface area contributed by atoms with Crippen LogP contribution in [-0.2, 0) is 19.1 Å². The van der Waals surface area contributed by atoms with Crippen LogP contribution in [0.5, 0.6) is 0 Å². The third-order valence-corrected chi connectivity index (χ3v) is 1.80. The van der Waals surface area contributed by atoms with Crippen molar-refractivity contribution < 1.29 is 19.1 Å². The average Bonchev–Trinajstić information content (AvgIpc) is 2.01. The quantitative estimate of drug-likeness (QED) is 0.479. The number of Topliss-reactive ketones (excluding diaryl/α,β-unsaturated/α-hetero) is 2. The summed E-state index contributed by atoms with van der Waals surface area (Å²) in [5.74, 6) is -1.27.